The highest BCUT2D eigenvalue weighted by Crippen LogP contribution is 2.30. The van der Waals surface area contributed by atoms with Crippen LogP contribution in [0.2, 0.25) is 10.0 Å². The molecule has 1 aromatic rings. The SMILES string of the molecule is CCOC(=O)C(F)[C@@H](N)c1c(Cl)cncc1Cl. The smallest absolute Gasteiger partial charge is 0.342 e. The van der Waals surface area contributed by atoms with Gasteiger partial charge in [0.2, 0.25) is 6.17 Å². The van der Waals surface area contributed by atoms with Crippen molar-refractivity contribution in [2.75, 3.05) is 6.61 Å². The number of nitrogens with zero attached hydrogens (tertiary/aromatic N) is 1. The summed E-state index contributed by atoms with van der Waals surface area (Å²) in [6.07, 6.45) is 0.536. The zero-order valence-corrected chi connectivity index (χ0v) is 10.5. The van der Waals surface area contributed by atoms with E-state index in [1.165, 1.54) is 12.4 Å². The minimum atomic E-state index is -2.02. The van der Waals surface area contributed by atoms with E-state index < -0.39 is 18.2 Å². The second-order valence-corrected chi connectivity index (χ2v) is 4.01. The number of rotatable bonds is 4. The van der Waals surface area contributed by atoms with Crippen LogP contribution in [-0.2, 0) is 9.53 Å². The van der Waals surface area contributed by atoms with Gasteiger partial charge in [0.15, 0.2) is 0 Å². The van der Waals surface area contributed by atoms with Gasteiger partial charge < -0.3 is 10.5 Å². The van der Waals surface area contributed by atoms with Gasteiger partial charge in [-0.25, -0.2) is 9.18 Å². The number of carbonyl (C=O) groups is 1. The second kappa shape index (κ2) is 6.14. The number of hydrogen-bond acceptors (Lipinski definition) is 4. The normalized spacial score (nSPS) is 14.2. The van der Waals surface area contributed by atoms with Gasteiger partial charge in [0.25, 0.3) is 0 Å². The number of halogens is 3. The van der Waals surface area contributed by atoms with Gasteiger partial charge >= 0.3 is 5.97 Å². The van der Waals surface area contributed by atoms with Crippen LogP contribution in [0.5, 0.6) is 0 Å². The monoisotopic (exact) mass is 280 g/mol. The molecule has 0 amide bonds. The molecular formula is C10H11Cl2FN2O2. The van der Waals surface area contributed by atoms with Gasteiger partial charge in [-0.3, -0.25) is 4.98 Å². The molecule has 0 aromatic carbocycles. The van der Waals surface area contributed by atoms with Crippen molar-refractivity contribution in [2.45, 2.75) is 19.1 Å². The molecule has 94 valence electrons. The van der Waals surface area contributed by atoms with Crippen LogP contribution in [0.15, 0.2) is 12.4 Å². The molecule has 2 N–H and O–H groups in total. The minimum Gasteiger partial charge on any atom is -0.464 e. The largest absolute Gasteiger partial charge is 0.464 e. The molecule has 7 heteroatoms. The van der Waals surface area contributed by atoms with Crippen molar-refractivity contribution < 1.29 is 13.9 Å². The lowest BCUT2D eigenvalue weighted by molar-refractivity contribution is -0.149. The van der Waals surface area contributed by atoms with Crippen LogP contribution in [0.4, 0.5) is 4.39 Å². The summed E-state index contributed by atoms with van der Waals surface area (Å²) in [5, 5.41) is 0.217. The Labute approximate surface area is 108 Å². The van der Waals surface area contributed by atoms with Gasteiger partial charge in [-0.2, -0.15) is 0 Å². The molecular weight excluding hydrogens is 270 g/mol. The first kappa shape index (κ1) is 14.2. The van der Waals surface area contributed by atoms with E-state index in [2.05, 4.69) is 9.72 Å². The van der Waals surface area contributed by atoms with Crippen LogP contribution in [0, 0.1) is 0 Å². The van der Waals surface area contributed by atoms with E-state index in [4.69, 9.17) is 28.9 Å². The number of alkyl halides is 1. The Bertz CT molecular complexity index is 397. The maximum atomic E-state index is 13.7. The third kappa shape index (κ3) is 3.28. The summed E-state index contributed by atoms with van der Waals surface area (Å²) >= 11 is 11.6. The fraction of sp³-hybridized carbons (Fsp3) is 0.400. The summed E-state index contributed by atoms with van der Waals surface area (Å²) in [5.41, 5.74) is 5.74. The summed E-state index contributed by atoms with van der Waals surface area (Å²) < 4.78 is 18.2. The van der Waals surface area contributed by atoms with E-state index in [9.17, 15) is 9.18 Å². The number of aromatic nitrogens is 1. The van der Waals surface area contributed by atoms with E-state index in [1.54, 1.807) is 6.92 Å². The highest BCUT2D eigenvalue weighted by molar-refractivity contribution is 6.35. The molecule has 1 heterocycles. The van der Waals surface area contributed by atoms with Crippen molar-refractivity contribution >= 4 is 29.2 Å². The molecule has 0 fully saturated rings. The predicted molar refractivity (Wildman–Crippen MR) is 62.7 cm³/mol. The first-order valence-corrected chi connectivity index (χ1v) is 5.59. The van der Waals surface area contributed by atoms with Crippen molar-refractivity contribution in [1.29, 1.82) is 0 Å². The molecule has 4 nitrogen and oxygen atoms in total. The number of esters is 1. The zero-order valence-electron chi connectivity index (χ0n) is 8.99. The number of ether oxygens (including phenoxy) is 1. The molecule has 17 heavy (non-hydrogen) atoms. The Morgan fingerprint density at radius 3 is 2.53 bits per heavy atom. The Hall–Kier alpha value is -0.910. The lowest BCUT2D eigenvalue weighted by atomic mass is 10.0. The zero-order chi connectivity index (χ0) is 13.0. The third-order valence-corrected chi connectivity index (χ3v) is 2.65. The van der Waals surface area contributed by atoms with E-state index in [1.807, 2.05) is 0 Å². The molecule has 0 saturated heterocycles. The molecule has 0 aliphatic rings. The summed E-state index contributed by atoms with van der Waals surface area (Å²) in [7, 11) is 0. The van der Waals surface area contributed by atoms with E-state index in [0.29, 0.717) is 0 Å². The van der Waals surface area contributed by atoms with Crippen LogP contribution >= 0.6 is 23.2 Å². The highest BCUT2D eigenvalue weighted by Gasteiger charge is 2.30. The van der Waals surface area contributed by atoms with Gasteiger partial charge in [0, 0.05) is 18.0 Å². The van der Waals surface area contributed by atoms with Crippen LogP contribution < -0.4 is 5.73 Å². The van der Waals surface area contributed by atoms with Gasteiger partial charge in [-0.15, -0.1) is 0 Å². The van der Waals surface area contributed by atoms with Crippen molar-refractivity contribution in [3.63, 3.8) is 0 Å². The van der Waals surface area contributed by atoms with Crippen molar-refractivity contribution in [3.8, 4) is 0 Å². The maximum Gasteiger partial charge on any atom is 0.342 e. The predicted octanol–water partition coefficient (Wildman–Crippen LogP) is 2.29. The Kier molecular flexibility index (Phi) is 5.11. The van der Waals surface area contributed by atoms with Gasteiger partial charge in [-0.05, 0) is 6.92 Å². The second-order valence-electron chi connectivity index (χ2n) is 3.20. The van der Waals surface area contributed by atoms with Gasteiger partial charge in [0.05, 0.1) is 22.7 Å². The van der Waals surface area contributed by atoms with Crippen molar-refractivity contribution in [3.05, 3.63) is 28.0 Å². The Morgan fingerprint density at radius 1 is 1.53 bits per heavy atom. The third-order valence-electron chi connectivity index (χ3n) is 2.05. The number of hydrogen-bond donors (Lipinski definition) is 1. The molecule has 0 aliphatic carbocycles. The van der Waals surface area contributed by atoms with Gasteiger partial charge in [0.1, 0.15) is 0 Å². The van der Waals surface area contributed by atoms with Crippen LogP contribution in [0.1, 0.15) is 18.5 Å². The Balaban J connectivity index is 2.96. The fourth-order valence-electron chi connectivity index (χ4n) is 1.25. The highest BCUT2D eigenvalue weighted by atomic mass is 35.5. The molecule has 0 aliphatic heterocycles. The fourth-order valence-corrected chi connectivity index (χ4v) is 1.87. The summed E-state index contributed by atoms with van der Waals surface area (Å²) in [4.78, 5) is 14.9. The average Bonchev–Trinajstić information content (AvgIpc) is 2.27. The first-order valence-electron chi connectivity index (χ1n) is 4.84. The number of pyridine rings is 1. The lowest BCUT2D eigenvalue weighted by Gasteiger charge is -2.17. The lowest BCUT2D eigenvalue weighted by Crippen LogP contribution is -2.32. The Morgan fingerprint density at radius 2 is 2.06 bits per heavy atom. The molecule has 1 unspecified atom stereocenters. The summed E-state index contributed by atoms with van der Waals surface area (Å²) in [5.74, 6) is -1.04. The van der Waals surface area contributed by atoms with Crippen LogP contribution in [-0.4, -0.2) is 23.7 Å². The molecule has 1 aromatic heterocycles. The van der Waals surface area contributed by atoms with Crippen LogP contribution in [0.25, 0.3) is 0 Å². The first-order chi connectivity index (χ1) is 7.99. The minimum absolute atomic E-state index is 0.0732. The molecule has 1 rings (SSSR count). The molecule has 0 saturated carbocycles. The van der Waals surface area contributed by atoms with E-state index >= 15 is 0 Å². The van der Waals surface area contributed by atoms with E-state index in [-0.39, 0.29) is 22.2 Å². The standard InChI is InChI=1S/C10H11Cl2FN2O2/c1-2-17-10(16)8(13)9(14)7-5(11)3-15-4-6(7)12/h3-4,8-9H,2,14H2,1H3/t8?,9-/m0/s1. The number of nitrogens with two attached hydrogens (primary N) is 1. The molecule has 0 bridgehead atoms. The summed E-state index contributed by atoms with van der Waals surface area (Å²) in [6.45, 7) is 1.65. The maximum absolute atomic E-state index is 13.7. The van der Waals surface area contributed by atoms with E-state index in [0.717, 1.165) is 0 Å². The average molecular weight is 281 g/mol. The van der Waals surface area contributed by atoms with Gasteiger partial charge in [-0.1, -0.05) is 23.2 Å². The molecule has 0 spiro atoms. The van der Waals surface area contributed by atoms with Crippen molar-refractivity contribution in [1.82, 2.24) is 4.98 Å². The molecule has 2 atom stereocenters. The quantitative estimate of drug-likeness (QED) is 0.860. The van der Waals surface area contributed by atoms with Crippen LogP contribution in [0.3, 0.4) is 0 Å². The van der Waals surface area contributed by atoms with Crippen molar-refractivity contribution in [2.24, 2.45) is 5.73 Å². The number of carbonyl (C=O) groups excluding carboxylic acids is 1. The summed E-state index contributed by atoms with van der Waals surface area (Å²) in [6, 6.07) is -1.28. The topological polar surface area (TPSA) is 65.2 Å². The molecule has 0 radical (unpaired) electrons.